The molecule has 0 saturated carbocycles. The number of hydrogen-bond acceptors (Lipinski definition) is 1. The number of hydrogen-bond donors (Lipinski definition) is 0. The summed E-state index contributed by atoms with van der Waals surface area (Å²) in [4.78, 5) is 0. The van der Waals surface area contributed by atoms with Crippen molar-refractivity contribution in [3.63, 3.8) is 0 Å². The van der Waals surface area contributed by atoms with E-state index in [2.05, 4.69) is 4.74 Å². The van der Waals surface area contributed by atoms with Crippen LogP contribution in [0.5, 0.6) is 5.75 Å². The molecule has 1 nitrogen and oxygen atoms in total. The van der Waals surface area contributed by atoms with Gasteiger partial charge in [-0.1, -0.05) is 12.1 Å². The molecule has 0 bridgehead atoms. The first-order chi connectivity index (χ1) is 7.93. The van der Waals surface area contributed by atoms with E-state index >= 15 is 0 Å². The quantitative estimate of drug-likeness (QED) is 0.609. The second-order valence-corrected chi connectivity index (χ2v) is 3.26. The number of rotatable bonds is 3. The largest absolute Gasteiger partial charge is 0.509 e. The minimum atomic E-state index is -6.01. The van der Waals surface area contributed by atoms with Crippen LogP contribution < -0.4 is 10.2 Å². The summed E-state index contributed by atoms with van der Waals surface area (Å²) >= 11 is 0. The molecule has 1 aromatic carbocycles. The summed E-state index contributed by atoms with van der Waals surface area (Å²) in [6, 6.07) is 1.87. The summed E-state index contributed by atoms with van der Waals surface area (Å²) < 4.78 is 100. The second kappa shape index (κ2) is 4.32. The Morgan fingerprint density at radius 1 is 0.944 bits per heavy atom. The Morgan fingerprint density at radius 2 is 1.50 bits per heavy atom. The van der Waals surface area contributed by atoms with Crippen molar-refractivity contribution in [3.8, 4) is 5.75 Å². The molecule has 0 aromatic heterocycles. The maximum absolute atomic E-state index is 12.4. The van der Waals surface area contributed by atoms with Crippen molar-refractivity contribution in [2.24, 2.45) is 0 Å². The van der Waals surface area contributed by atoms with Gasteiger partial charge in [0.2, 0.25) is 0 Å². The third-order valence-electron chi connectivity index (χ3n) is 1.81. The van der Waals surface area contributed by atoms with Gasteiger partial charge in [-0.25, -0.2) is 0 Å². The average molecular weight is 279 g/mol. The second-order valence-electron chi connectivity index (χ2n) is 3.26. The Balaban J connectivity index is 3.00. The van der Waals surface area contributed by atoms with Crippen LogP contribution in [0.2, 0.25) is 0 Å². The van der Waals surface area contributed by atoms with E-state index in [1.54, 1.807) is 0 Å². The predicted molar refractivity (Wildman–Crippen MR) is 46.8 cm³/mol. The van der Waals surface area contributed by atoms with E-state index in [0.29, 0.717) is 18.2 Å². The lowest BCUT2D eigenvalue weighted by Crippen LogP contribution is -2.42. The van der Waals surface area contributed by atoms with E-state index in [0.717, 1.165) is 0 Å². The Labute approximate surface area is 95.4 Å². The molecular weight excluding hydrogens is 275 g/mol. The first-order valence-corrected chi connectivity index (χ1v) is 4.37. The van der Waals surface area contributed by atoms with Gasteiger partial charge in [0, 0.05) is 0 Å². The van der Waals surface area contributed by atoms with Crippen LogP contribution in [0.25, 0.3) is 0 Å². The van der Waals surface area contributed by atoms with E-state index in [1.165, 1.54) is 0 Å². The van der Waals surface area contributed by atoms with Gasteiger partial charge in [-0.05, 0) is 12.1 Å². The molecule has 0 spiro atoms. The van der Waals surface area contributed by atoms with Gasteiger partial charge in [-0.2, -0.15) is 22.0 Å². The summed E-state index contributed by atoms with van der Waals surface area (Å²) in [5, 5.41) is 0. The zero-order chi connectivity index (χ0) is 14.2. The van der Waals surface area contributed by atoms with E-state index < -0.39 is 30.5 Å². The average Bonchev–Trinajstić information content (AvgIpc) is 2.14. The van der Waals surface area contributed by atoms with Crippen LogP contribution in [-0.4, -0.2) is 19.3 Å². The van der Waals surface area contributed by atoms with Gasteiger partial charge in [0.25, 0.3) is 0 Å². The maximum atomic E-state index is 12.4. The minimum absolute atomic E-state index is 0.0830. The van der Waals surface area contributed by atoms with E-state index in [4.69, 9.17) is 0 Å². The van der Waals surface area contributed by atoms with Crippen molar-refractivity contribution in [3.05, 3.63) is 24.3 Å². The minimum Gasteiger partial charge on any atom is -0.445 e. The molecule has 10 heteroatoms. The molecule has 0 heterocycles. The molecule has 0 unspecified atom stereocenters. The van der Waals surface area contributed by atoms with Gasteiger partial charge < -0.3 is 17.7 Å². The SMILES string of the molecule is F[B-](F)(F)c1cccc(OC(F)(F)C(F)(F)F)c1. The highest BCUT2D eigenvalue weighted by molar-refractivity contribution is 6.73. The Bertz CT molecular complexity index is 424. The fourth-order valence-electron chi connectivity index (χ4n) is 0.988. The van der Waals surface area contributed by atoms with Crippen molar-refractivity contribution in [1.29, 1.82) is 0 Å². The first kappa shape index (κ1) is 14.6. The highest BCUT2D eigenvalue weighted by Gasteiger charge is 2.61. The fourth-order valence-corrected chi connectivity index (χ4v) is 0.988. The van der Waals surface area contributed by atoms with Gasteiger partial charge in [-0.15, -0.1) is 5.46 Å². The highest BCUT2D eigenvalue weighted by Crippen LogP contribution is 2.37. The van der Waals surface area contributed by atoms with Crippen LogP contribution in [-0.2, 0) is 0 Å². The van der Waals surface area contributed by atoms with Crippen molar-refractivity contribution in [2.75, 3.05) is 0 Å². The lowest BCUT2D eigenvalue weighted by atomic mass is 9.80. The fraction of sp³-hybridized carbons (Fsp3) is 0.250. The molecule has 0 N–H and O–H groups in total. The van der Waals surface area contributed by atoms with Crippen LogP contribution in [0.1, 0.15) is 0 Å². The molecule has 0 aliphatic rings. The summed E-state index contributed by atoms with van der Waals surface area (Å²) in [5.41, 5.74) is -1.33. The van der Waals surface area contributed by atoms with E-state index in [-0.39, 0.29) is 6.07 Å². The van der Waals surface area contributed by atoms with Crippen molar-refractivity contribution >= 4 is 12.4 Å². The van der Waals surface area contributed by atoms with Gasteiger partial charge in [-0.3, -0.25) is 0 Å². The van der Waals surface area contributed by atoms with E-state index in [1.807, 2.05) is 0 Å². The summed E-state index contributed by atoms with van der Waals surface area (Å²) in [6.07, 6.45) is -11.6. The van der Waals surface area contributed by atoms with Crippen molar-refractivity contribution < 1.29 is 39.6 Å². The van der Waals surface area contributed by atoms with Crippen LogP contribution in [0.4, 0.5) is 34.9 Å². The lowest BCUT2D eigenvalue weighted by Gasteiger charge is -2.21. The summed E-state index contributed by atoms with van der Waals surface area (Å²) in [6.45, 7) is -5.51. The molecule has 18 heavy (non-hydrogen) atoms. The number of ether oxygens (including phenoxy) is 1. The monoisotopic (exact) mass is 279 g/mol. The van der Waals surface area contributed by atoms with Gasteiger partial charge >= 0.3 is 19.3 Å². The van der Waals surface area contributed by atoms with Crippen LogP contribution in [0.15, 0.2) is 24.3 Å². The van der Waals surface area contributed by atoms with Crippen LogP contribution in [0.3, 0.4) is 0 Å². The van der Waals surface area contributed by atoms with Crippen molar-refractivity contribution in [2.45, 2.75) is 12.3 Å². The normalized spacial score (nSPS) is 13.6. The molecule has 1 aromatic rings. The molecule has 0 aliphatic heterocycles. The first-order valence-electron chi connectivity index (χ1n) is 4.37. The van der Waals surface area contributed by atoms with Crippen LogP contribution in [0, 0.1) is 0 Å². The third-order valence-corrected chi connectivity index (χ3v) is 1.81. The Kier molecular flexibility index (Phi) is 3.50. The zero-order valence-corrected chi connectivity index (χ0v) is 8.32. The van der Waals surface area contributed by atoms with Gasteiger partial charge in [0.1, 0.15) is 5.75 Å². The summed E-state index contributed by atoms with van der Waals surface area (Å²) in [7, 11) is 0. The summed E-state index contributed by atoms with van der Waals surface area (Å²) in [5.74, 6) is -1.21. The molecule has 0 amide bonds. The van der Waals surface area contributed by atoms with Gasteiger partial charge in [0.05, 0.1) is 0 Å². The molecule has 0 aliphatic carbocycles. The number of benzene rings is 1. The van der Waals surface area contributed by atoms with Crippen molar-refractivity contribution in [1.82, 2.24) is 0 Å². The number of halogens is 8. The number of alkyl halides is 5. The molecule has 0 radical (unpaired) electrons. The molecule has 1 rings (SSSR count). The molecule has 0 saturated heterocycles. The topological polar surface area (TPSA) is 9.23 Å². The lowest BCUT2D eigenvalue weighted by molar-refractivity contribution is -0.360. The third kappa shape index (κ3) is 3.27. The smallest absolute Gasteiger partial charge is 0.445 e. The molecule has 102 valence electrons. The standard InChI is InChI=1S/C8H4BF8O/c10-7(11,12)8(13,14)18-6-3-1-2-5(4-6)9(15,16)17/h1-4H/q-1. The van der Waals surface area contributed by atoms with Gasteiger partial charge in [0.15, 0.2) is 0 Å². The molecular formula is C8H4BF8O-. The predicted octanol–water partition coefficient (Wildman–Crippen LogP) is 3.27. The molecule has 0 fully saturated rings. The van der Waals surface area contributed by atoms with E-state index in [9.17, 15) is 34.9 Å². The Hall–Kier alpha value is -1.48. The zero-order valence-electron chi connectivity index (χ0n) is 8.32. The maximum Gasteiger partial charge on any atom is 0.509 e. The van der Waals surface area contributed by atoms with Crippen LogP contribution >= 0.6 is 0 Å². The highest BCUT2D eigenvalue weighted by atomic mass is 19.4. The molecule has 0 atom stereocenters. The Morgan fingerprint density at radius 3 is 1.94 bits per heavy atom.